The van der Waals surface area contributed by atoms with E-state index in [1.54, 1.807) is 12.1 Å². The van der Waals surface area contributed by atoms with Gasteiger partial charge in [-0.25, -0.2) is 4.79 Å². The zero-order chi connectivity index (χ0) is 19.8. The third-order valence-electron chi connectivity index (χ3n) is 4.64. The number of carbonyl (C=O) groups is 2. The van der Waals surface area contributed by atoms with Gasteiger partial charge in [-0.05, 0) is 31.2 Å². The first-order valence-corrected chi connectivity index (χ1v) is 9.56. The number of quaternary nitrogens is 1. The molecule has 0 radical (unpaired) electrons. The minimum atomic E-state index is -0.509. The smallest absolute Gasteiger partial charge is 0.321 e. The molecule has 3 rings (SSSR count). The van der Waals surface area contributed by atoms with Crippen molar-refractivity contribution in [3.8, 4) is 5.75 Å². The summed E-state index contributed by atoms with van der Waals surface area (Å²) in [5.74, 6) is 1.24. The molecule has 3 N–H and O–H groups in total. The maximum atomic E-state index is 12.1. The van der Waals surface area contributed by atoms with Crippen molar-refractivity contribution < 1.29 is 23.6 Å². The van der Waals surface area contributed by atoms with Crippen molar-refractivity contribution >= 4 is 17.6 Å². The predicted octanol–water partition coefficient (Wildman–Crippen LogP) is 0.409. The fourth-order valence-corrected chi connectivity index (χ4v) is 3.26. The molecule has 150 valence electrons. The number of hydrogen-bond donors (Lipinski definition) is 3. The summed E-state index contributed by atoms with van der Waals surface area (Å²) in [6, 6.07) is 11.0. The second-order valence-electron chi connectivity index (χ2n) is 6.62. The lowest BCUT2D eigenvalue weighted by Crippen LogP contribution is -3.16. The number of piperazine rings is 1. The van der Waals surface area contributed by atoms with Gasteiger partial charge < -0.3 is 24.3 Å². The molecule has 8 heteroatoms. The molecule has 0 aliphatic carbocycles. The highest BCUT2D eigenvalue weighted by molar-refractivity contribution is 5.94. The molecule has 2 aromatic rings. The normalized spacial score (nSPS) is 14.5. The number of urea groups is 1. The topological polar surface area (TPSA) is 88.2 Å². The van der Waals surface area contributed by atoms with Crippen molar-refractivity contribution in [2.24, 2.45) is 0 Å². The number of benzene rings is 1. The van der Waals surface area contributed by atoms with Gasteiger partial charge >= 0.3 is 6.03 Å². The third-order valence-corrected chi connectivity index (χ3v) is 4.64. The van der Waals surface area contributed by atoms with E-state index in [1.165, 1.54) is 6.26 Å². The Morgan fingerprint density at radius 3 is 2.68 bits per heavy atom. The van der Waals surface area contributed by atoms with Crippen LogP contribution in [0.25, 0.3) is 0 Å². The van der Waals surface area contributed by atoms with Crippen LogP contribution in [0.4, 0.5) is 10.5 Å². The molecular weight excluding hydrogens is 360 g/mol. The lowest BCUT2D eigenvalue weighted by Gasteiger charge is -2.34. The number of imide groups is 1. The number of nitrogens with one attached hydrogen (secondary N) is 3. The lowest BCUT2D eigenvalue weighted by molar-refractivity contribution is -0.892. The average Bonchev–Trinajstić information content (AvgIpc) is 3.21. The maximum absolute atomic E-state index is 12.1. The molecule has 8 nitrogen and oxygen atoms in total. The van der Waals surface area contributed by atoms with Gasteiger partial charge in [-0.2, -0.15) is 0 Å². The second-order valence-corrected chi connectivity index (χ2v) is 6.62. The van der Waals surface area contributed by atoms with Crippen molar-refractivity contribution in [1.82, 2.24) is 10.6 Å². The van der Waals surface area contributed by atoms with Gasteiger partial charge in [-0.3, -0.25) is 10.1 Å². The van der Waals surface area contributed by atoms with Gasteiger partial charge in [0.15, 0.2) is 6.54 Å². The molecule has 1 saturated heterocycles. The Hall–Kier alpha value is -3.00. The molecule has 1 aromatic carbocycles. The number of para-hydroxylation sites is 2. The molecule has 0 saturated carbocycles. The number of carbonyl (C=O) groups excluding carboxylic acids is 2. The van der Waals surface area contributed by atoms with Crippen LogP contribution in [-0.4, -0.2) is 51.3 Å². The second kappa shape index (κ2) is 9.80. The monoisotopic (exact) mass is 387 g/mol. The molecule has 1 fully saturated rings. The van der Waals surface area contributed by atoms with Gasteiger partial charge in [0.25, 0.3) is 5.91 Å². The van der Waals surface area contributed by atoms with Crippen molar-refractivity contribution in [1.29, 1.82) is 0 Å². The Labute approximate surface area is 164 Å². The van der Waals surface area contributed by atoms with Gasteiger partial charge in [0, 0.05) is 0 Å². The van der Waals surface area contributed by atoms with E-state index in [2.05, 4.69) is 21.6 Å². The Morgan fingerprint density at radius 1 is 1.18 bits per heavy atom. The predicted molar refractivity (Wildman–Crippen MR) is 104 cm³/mol. The molecule has 1 aromatic heterocycles. The van der Waals surface area contributed by atoms with Crippen LogP contribution in [0, 0.1) is 0 Å². The summed E-state index contributed by atoms with van der Waals surface area (Å²) >= 11 is 0. The van der Waals surface area contributed by atoms with E-state index in [9.17, 15) is 9.59 Å². The number of nitrogens with zero attached hydrogens (tertiary/aromatic N) is 1. The zero-order valence-corrected chi connectivity index (χ0v) is 16.1. The average molecular weight is 387 g/mol. The summed E-state index contributed by atoms with van der Waals surface area (Å²) in [7, 11) is 0. The highest BCUT2D eigenvalue weighted by Gasteiger charge is 2.24. The largest absolute Gasteiger partial charge is 0.492 e. The van der Waals surface area contributed by atoms with Crippen LogP contribution < -0.4 is 25.2 Å². The van der Waals surface area contributed by atoms with Crippen molar-refractivity contribution in [2.75, 3.05) is 44.2 Å². The van der Waals surface area contributed by atoms with Gasteiger partial charge in [-0.15, -0.1) is 0 Å². The third kappa shape index (κ3) is 5.50. The van der Waals surface area contributed by atoms with Crippen LogP contribution in [-0.2, 0) is 11.3 Å². The molecule has 3 amide bonds. The number of amides is 3. The highest BCUT2D eigenvalue weighted by atomic mass is 16.5. The van der Waals surface area contributed by atoms with Gasteiger partial charge in [0.1, 0.15) is 11.5 Å². The fraction of sp³-hybridized carbons (Fsp3) is 0.400. The van der Waals surface area contributed by atoms with E-state index >= 15 is 0 Å². The molecule has 0 bridgehead atoms. The van der Waals surface area contributed by atoms with Crippen LogP contribution in [0.1, 0.15) is 12.7 Å². The van der Waals surface area contributed by atoms with Crippen LogP contribution in [0.2, 0.25) is 0 Å². The summed E-state index contributed by atoms with van der Waals surface area (Å²) in [5, 5.41) is 4.98. The summed E-state index contributed by atoms with van der Waals surface area (Å²) in [6.45, 7) is 6.43. The van der Waals surface area contributed by atoms with Gasteiger partial charge in [-0.1, -0.05) is 12.1 Å². The van der Waals surface area contributed by atoms with E-state index < -0.39 is 6.03 Å². The molecule has 0 spiro atoms. The van der Waals surface area contributed by atoms with Crippen molar-refractivity contribution in [3.63, 3.8) is 0 Å². The van der Waals surface area contributed by atoms with Crippen LogP contribution in [0.5, 0.6) is 5.75 Å². The number of furan rings is 1. The lowest BCUT2D eigenvalue weighted by atomic mass is 10.2. The first-order chi connectivity index (χ1) is 13.7. The first-order valence-electron chi connectivity index (χ1n) is 9.56. The van der Waals surface area contributed by atoms with Gasteiger partial charge in [0.2, 0.25) is 0 Å². The summed E-state index contributed by atoms with van der Waals surface area (Å²) < 4.78 is 10.8. The minimum Gasteiger partial charge on any atom is -0.492 e. The SMILES string of the molecule is CCOc1ccccc1N1CC[NH+](CC(=O)NC(=O)NCc2ccco2)CC1. The summed E-state index contributed by atoms with van der Waals surface area (Å²) in [4.78, 5) is 27.4. The first kappa shape index (κ1) is 19.8. The maximum Gasteiger partial charge on any atom is 0.321 e. The van der Waals surface area contributed by atoms with Crippen molar-refractivity contribution in [3.05, 3.63) is 48.4 Å². The van der Waals surface area contributed by atoms with Crippen molar-refractivity contribution in [2.45, 2.75) is 13.5 Å². The Morgan fingerprint density at radius 2 is 1.96 bits per heavy atom. The Balaban J connectivity index is 1.41. The van der Waals surface area contributed by atoms with E-state index in [4.69, 9.17) is 9.15 Å². The number of hydrogen-bond acceptors (Lipinski definition) is 5. The molecule has 1 aliphatic rings. The summed E-state index contributed by atoms with van der Waals surface area (Å²) in [5.41, 5.74) is 1.09. The molecule has 0 atom stereocenters. The van der Waals surface area contributed by atoms with Gasteiger partial charge in [0.05, 0.1) is 51.3 Å². The van der Waals surface area contributed by atoms with E-state index in [-0.39, 0.29) is 19.0 Å². The molecular formula is C20H27N4O4+. The summed E-state index contributed by atoms with van der Waals surface area (Å²) in [6.07, 6.45) is 1.54. The quantitative estimate of drug-likeness (QED) is 0.641. The molecule has 1 aliphatic heterocycles. The fourth-order valence-electron chi connectivity index (χ4n) is 3.26. The van der Waals surface area contributed by atoms with E-state index in [0.29, 0.717) is 12.4 Å². The van der Waals surface area contributed by atoms with Crippen LogP contribution in [0.3, 0.4) is 0 Å². The van der Waals surface area contributed by atoms with Crippen LogP contribution >= 0.6 is 0 Å². The van der Waals surface area contributed by atoms with Crippen LogP contribution in [0.15, 0.2) is 47.1 Å². The number of ether oxygens (including phenoxy) is 1. The standard InChI is InChI=1S/C20H26N4O4/c1-2-27-18-8-4-3-7-17(18)24-11-9-23(10-12-24)15-19(25)22-20(26)21-14-16-6-5-13-28-16/h3-8,13H,2,9-12,14-15H2,1H3,(H2,21,22,25,26)/p+1. The number of anilines is 1. The molecule has 2 heterocycles. The Bertz CT molecular complexity index is 770. The molecule has 28 heavy (non-hydrogen) atoms. The van der Waals surface area contributed by atoms with E-state index in [0.717, 1.165) is 42.5 Å². The minimum absolute atomic E-state index is 0.247. The van der Waals surface area contributed by atoms with E-state index in [1.807, 2.05) is 25.1 Å². The number of rotatable bonds is 7. The highest BCUT2D eigenvalue weighted by Crippen LogP contribution is 2.27. The molecule has 0 unspecified atom stereocenters. The zero-order valence-electron chi connectivity index (χ0n) is 16.1. The Kier molecular flexibility index (Phi) is 6.91.